The van der Waals surface area contributed by atoms with E-state index >= 15 is 0 Å². The Labute approximate surface area is 115 Å². The van der Waals surface area contributed by atoms with Gasteiger partial charge in [-0.25, -0.2) is 0 Å². The molecule has 1 aliphatic heterocycles. The largest absolute Gasteiger partial charge is 0.496 e. The summed E-state index contributed by atoms with van der Waals surface area (Å²) < 4.78 is 10.9. The Morgan fingerprint density at radius 2 is 2.00 bits per heavy atom. The number of anilines is 1. The molecule has 1 aliphatic rings. The molecule has 0 aliphatic carbocycles. The minimum absolute atomic E-state index is 0.571. The van der Waals surface area contributed by atoms with Gasteiger partial charge in [0.25, 0.3) is 0 Å². The Morgan fingerprint density at radius 1 is 1.26 bits per heavy atom. The summed E-state index contributed by atoms with van der Waals surface area (Å²) in [6, 6.07) is 4.66. The smallest absolute Gasteiger partial charge is 0.142 e. The van der Waals surface area contributed by atoms with Gasteiger partial charge in [0, 0.05) is 25.7 Å². The summed E-state index contributed by atoms with van der Waals surface area (Å²) in [5.41, 5.74) is 2.18. The molecule has 0 aromatic heterocycles. The van der Waals surface area contributed by atoms with Crippen molar-refractivity contribution in [3.05, 3.63) is 17.7 Å². The van der Waals surface area contributed by atoms with Crippen LogP contribution in [0.2, 0.25) is 0 Å². The predicted molar refractivity (Wildman–Crippen MR) is 78.6 cm³/mol. The highest BCUT2D eigenvalue weighted by Crippen LogP contribution is 2.34. The first-order chi connectivity index (χ1) is 9.15. The molecule has 1 unspecified atom stereocenters. The van der Waals surface area contributed by atoms with Crippen LogP contribution in [-0.2, 0) is 0 Å². The number of hydrogen-bond acceptors (Lipinski definition) is 4. The summed E-state index contributed by atoms with van der Waals surface area (Å²) in [5.74, 6) is 1.81. The Hall–Kier alpha value is -1.42. The molecule has 1 N–H and O–H groups in total. The highest BCUT2D eigenvalue weighted by molar-refractivity contribution is 5.63. The Morgan fingerprint density at radius 3 is 2.58 bits per heavy atom. The summed E-state index contributed by atoms with van der Waals surface area (Å²) in [7, 11) is 5.52. The summed E-state index contributed by atoms with van der Waals surface area (Å²) in [4.78, 5) is 2.24. The number of rotatable bonds is 5. The standard InChI is InChI=1S/C15H24N2O2/c1-11-8-15(19-4)13(9-14(11)18-3)17(2)10-12-6-5-7-16-12/h8-9,12,16H,5-7,10H2,1-4H3. The molecule has 19 heavy (non-hydrogen) atoms. The molecule has 0 amide bonds. The van der Waals surface area contributed by atoms with E-state index in [4.69, 9.17) is 9.47 Å². The molecule has 1 aromatic carbocycles. The fourth-order valence-electron chi connectivity index (χ4n) is 2.67. The van der Waals surface area contributed by atoms with E-state index in [2.05, 4.69) is 23.3 Å². The third-order valence-corrected chi connectivity index (χ3v) is 3.76. The quantitative estimate of drug-likeness (QED) is 0.884. The van der Waals surface area contributed by atoms with Gasteiger partial charge in [-0.05, 0) is 37.9 Å². The number of nitrogens with zero attached hydrogens (tertiary/aromatic N) is 1. The number of ether oxygens (including phenoxy) is 2. The van der Waals surface area contributed by atoms with Crippen molar-refractivity contribution in [2.24, 2.45) is 0 Å². The van der Waals surface area contributed by atoms with Gasteiger partial charge in [-0.2, -0.15) is 0 Å². The molecule has 1 fully saturated rings. The zero-order chi connectivity index (χ0) is 13.8. The highest BCUT2D eigenvalue weighted by Gasteiger charge is 2.19. The van der Waals surface area contributed by atoms with Crippen LogP contribution in [0.15, 0.2) is 12.1 Å². The third kappa shape index (κ3) is 3.13. The van der Waals surface area contributed by atoms with Crippen LogP contribution in [0, 0.1) is 6.92 Å². The molecule has 4 nitrogen and oxygen atoms in total. The highest BCUT2D eigenvalue weighted by atomic mass is 16.5. The van der Waals surface area contributed by atoms with Gasteiger partial charge >= 0.3 is 0 Å². The molecule has 106 valence electrons. The lowest BCUT2D eigenvalue weighted by atomic mass is 10.1. The van der Waals surface area contributed by atoms with E-state index in [0.29, 0.717) is 6.04 Å². The molecular weight excluding hydrogens is 240 g/mol. The van der Waals surface area contributed by atoms with E-state index in [0.717, 1.165) is 35.8 Å². The SMILES string of the molecule is COc1cc(N(C)CC2CCCN2)c(OC)cc1C. The maximum atomic E-state index is 5.49. The first-order valence-electron chi connectivity index (χ1n) is 6.83. The second kappa shape index (κ2) is 6.15. The lowest BCUT2D eigenvalue weighted by Crippen LogP contribution is -2.35. The number of benzene rings is 1. The van der Waals surface area contributed by atoms with Gasteiger partial charge < -0.3 is 19.7 Å². The second-order valence-electron chi connectivity index (χ2n) is 5.17. The molecule has 1 aromatic rings. The van der Waals surface area contributed by atoms with Crippen molar-refractivity contribution in [3.8, 4) is 11.5 Å². The first-order valence-corrected chi connectivity index (χ1v) is 6.83. The minimum Gasteiger partial charge on any atom is -0.496 e. The lowest BCUT2D eigenvalue weighted by molar-refractivity contribution is 0.400. The van der Waals surface area contributed by atoms with Crippen LogP contribution in [0.3, 0.4) is 0 Å². The Balaban J connectivity index is 2.20. The van der Waals surface area contributed by atoms with E-state index in [1.165, 1.54) is 12.8 Å². The zero-order valence-electron chi connectivity index (χ0n) is 12.3. The van der Waals surface area contributed by atoms with Crippen molar-refractivity contribution in [2.75, 3.05) is 39.3 Å². The van der Waals surface area contributed by atoms with Crippen LogP contribution in [0.5, 0.6) is 11.5 Å². The van der Waals surface area contributed by atoms with Crippen LogP contribution < -0.4 is 19.7 Å². The van der Waals surface area contributed by atoms with Crippen molar-refractivity contribution >= 4 is 5.69 Å². The molecule has 4 heteroatoms. The zero-order valence-corrected chi connectivity index (χ0v) is 12.3. The topological polar surface area (TPSA) is 33.7 Å². The molecular formula is C15H24N2O2. The average molecular weight is 264 g/mol. The van der Waals surface area contributed by atoms with E-state index in [9.17, 15) is 0 Å². The summed E-state index contributed by atoms with van der Waals surface area (Å²) in [6.45, 7) is 4.15. The van der Waals surface area contributed by atoms with Gasteiger partial charge in [0.15, 0.2) is 0 Å². The van der Waals surface area contributed by atoms with Crippen molar-refractivity contribution in [3.63, 3.8) is 0 Å². The van der Waals surface area contributed by atoms with Crippen molar-refractivity contribution in [2.45, 2.75) is 25.8 Å². The van der Waals surface area contributed by atoms with Crippen LogP contribution >= 0.6 is 0 Å². The number of nitrogens with one attached hydrogen (secondary N) is 1. The predicted octanol–water partition coefficient (Wildman–Crippen LogP) is 2.20. The minimum atomic E-state index is 0.571. The van der Waals surface area contributed by atoms with Crippen LogP contribution in [-0.4, -0.2) is 40.4 Å². The molecule has 0 radical (unpaired) electrons. The van der Waals surface area contributed by atoms with Gasteiger partial charge in [0.1, 0.15) is 11.5 Å². The number of likely N-dealkylation sites (N-methyl/N-ethyl adjacent to an activating group) is 1. The van der Waals surface area contributed by atoms with Gasteiger partial charge in [-0.3, -0.25) is 0 Å². The van der Waals surface area contributed by atoms with Crippen LogP contribution in [0.1, 0.15) is 18.4 Å². The maximum absolute atomic E-state index is 5.49. The number of aryl methyl sites for hydroxylation is 1. The summed E-state index contributed by atoms with van der Waals surface area (Å²) in [5, 5.41) is 3.52. The molecule has 0 saturated carbocycles. The van der Waals surface area contributed by atoms with Crippen molar-refractivity contribution in [1.29, 1.82) is 0 Å². The van der Waals surface area contributed by atoms with E-state index in [-0.39, 0.29) is 0 Å². The molecule has 1 heterocycles. The van der Waals surface area contributed by atoms with Gasteiger partial charge in [0.2, 0.25) is 0 Å². The van der Waals surface area contributed by atoms with Gasteiger partial charge in [-0.15, -0.1) is 0 Å². The number of methoxy groups -OCH3 is 2. The first kappa shape index (κ1) is 14.0. The van der Waals surface area contributed by atoms with Gasteiger partial charge in [-0.1, -0.05) is 0 Å². The van der Waals surface area contributed by atoms with E-state index in [1.54, 1.807) is 14.2 Å². The van der Waals surface area contributed by atoms with Crippen LogP contribution in [0.25, 0.3) is 0 Å². The van der Waals surface area contributed by atoms with E-state index in [1.807, 2.05) is 13.0 Å². The Bertz CT molecular complexity index is 428. The summed E-state index contributed by atoms with van der Waals surface area (Å²) >= 11 is 0. The second-order valence-corrected chi connectivity index (χ2v) is 5.17. The van der Waals surface area contributed by atoms with Crippen molar-refractivity contribution < 1.29 is 9.47 Å². The average Bonchev–Trinajstić information content (AvgIpc) is 2.91. The maximum Gasteiger partial charge on any atom is 0.142 e. The monoisotopic (exact) mass is 264 g/mol. The molecule has 1 atom stereocenters. The lowest BCUT2D eigenvalue weighted by Gasteiger charge is -2.26. The van der Waals surface area contributed by atoms with Gasteiger partial charge in [0.05, 0.1) is 19.9 Å². The van der Waals surface area contributed by atoms with E-state index < -0.39 is 0 Å². The molecule has 0 spiro atoms. The third-order valence-electron chi connectivity index (χ3n) is 3.76. The fourth-order valence-corrected chi connectivity index (χ4v) is 2.67. The normalized spacial score (nSPS) is 18.4. The van der Waals surface area contributed by atoms with Crippen LogP contribution in [0.4, 0.5) is 5.69 Å². The molecule has 0 bridgehead atoms. The summed E-state index contributed by atoms with van der Waals surface area (Å²) in [6.07, 6.45) is 2.52. The molecule has 1 saturated heterocycles. The van der Waals surface area contributed by atoms with Crippen molar-refractivity contribution in [1.82, 2.24) is 5.32 Å². The molecule has 2 rings (SSSR count). The number of hydrogen-bond donors (Lipinski definition) is 1. The Kier molecular flexibility index (Phi) is 4.53. The fraction of sp³-hybridized carbons (Fsp3) is 0.600.